The number of ether oxygens (including phenoxy) is 2. The molecule has 5 aliphatic heterocycles. The summed E-state index contributed by atoms with van der Waals surface area (Å²) in [6.07, 6.45) is -0.722. The minimum Gasteiger partial charge on any atom is -0.508 e. The van der Waals surface area contributed by atoms with Crippen molar-refractivity contribution in [3.63, 3.8) is 0 Å². The van der Waals surface area contributed by atoms with Crippen LogP contribution in [0.5, 0.6) is 11.8 Å². The van der Waals surface area contributed by atoms with Gasteiger partial charge in [-0.05, 0) is 81.1 Å². The van der Waals surface area contributed by atoms with E-state index >= 15 is 4.39 Å². The lowest BCUT2D eigenvalue weighted by molar-refractivity contribution is -0.667. The Bertz CT molecular complexity index is 2060. The second-order valence-corrected chi connectivity index (χ2v) is 14.7. The Kier molecular flexibility index (Phi) is 7.25. The van der Waals surface area contributed by atoms with Crippen molar-refractivity contribution >= 4 is 27.5 Å². The first-order valence-electron chi connectivity index (χ1n) is 17.4. The summed E-state index contributed by atoms with van der Waals surface area (Å²) in [4.78, 5) is 13.9. The molecule has 2 aromatic heterocycles. The zero-order chi connectivity index (χ0) is 34.7. The molecule has 2 bridgehead atoms. The van der Waals surface area contributed by atoms with E-state index in [1.165, 1.54) is 18.2 Å². The Labute approximate surface area is 285 Å². The highest BCUT2D eigenvalue weighted by Gasteiger charge is 2.52. The predicted molar refractivity (Wildman–Crippen MR) is 174 cm³/mol. The maximum absolute atomic E-state index is 17.4. The Morgan fingerprint density at radius 3 is 2.76 bits per heavy atom. The van der Waals surface area contributed by atoms with E-state index in [4.69, 9.17) is 14.7 Å². The Morgan fingerprint density at radius 2 is 1.94 bits per heavy atom. The number of piperazine rings is 1. The minimum atomic E-state index is -4.73. The van der Waals surface area contributed by atoms with Gasteiger partial charge in [-0.3, -0.25) is 9.64 Å². The molecule has 5 atom stereocenters. The molecule has 5 aliphatic rings. The van der Waals surface area contributed by atoms with Gasteiger partial charge in [0.15, 0.2) is 11.5 Å². The number of alkyl halides is 3. The maximum atomic E-state index is 17.4. The van der Waals surface area contributed by atoms with Crippen LogP contribution in [-0.4, -0.2) is 82.3 Å². The number of fused-ring (bicyclic) bond motifs is 7. The fourth-order valence-corrected chi connectivity index (χ4v) is 9.78. The molecule has 14 heteroatoms. The highest BCUT2D eigenvalue weighted by atomic mass is 19.4. The third-order valence-electron chi connectivity index (χ3n) is 11.9. The summed E-state index contributed by atoms with van der Waals surface area (Å²) >= 11 is 0. The normalized spacial score (nSPS) is 27.6. The first kappa shape index (κ1) is 32.1. The van der Waals surface area contributed by atoms with Crippen LogP contribution >= 0.6 is 0 Å². The van der Waals surface area contributed by atoms with E-state index in [2.05, 4.69) is 15.0 Å². The largest absolute Gasteiger partial charge is 0.522 e. The number of aromatic nitrogens is 3. The van der Waals surface area contributed by atoms with E-state index in [0.29, 0.717) is 59.0 Å². The molecule has 50 heavy (non-hydrogen) atoms. The van der Waals surface area contributed by atoms with Crippen molar-refractivity contribution in [3.05, 3.63) is 47.2 Å². The molecule has 2 aromatic carbocycles. The molecule has 0 aliphatic carbocycles. The van der Waals surface area contributed by atoms with Crippen molar-refractivity contribution in [2.45, 2.75) is 88.0 Å². The first-order chi connectivity index (χ1) is 23.9. The first-order valence-corrected chi connectivity index (χ1v) is 17.4. The van der Waals surface area contributed by atoms with Crippen LogP contribution in [0.3, 0.4) is 0 Å². The predicted octanol–water partition coefficient (Wildman–Crippen LogP) is 5.34. The number of benzene rings is 2. The molecule has 0 saturated carbocycles. The lowest BCUT2D eigenvalue weighted by Crippen LogP contribution is -2.58. The molecule has 7 heterocycles. The average Bonchev–Trinajstić information content (AvgIpc) is 3.69. The molecular weight excluding hydrogens is 659 g/mol. The van der Waals surface area contributed by atoms with Crippen molar-refractivity contribution in [2.24, 2.45) is 7.05 Å². The number of halogens is 5. The van der Waals surface area contributed by atoms with Gasteiger partial charge in [-0.1, -0.05) is 6.07 Å². The van der Waals surface area contributed by atoms with Crippen LogP contribution in [0.4, 0.5) is 27.8 Å². The molecule has 4 aromatic rings. The molecular formula is C36H38F5N6O3+. The Hall–Kier alpha value is -3.88. The zero-order valence-electron chi connectivity index (χ0n) is 27.8. The number of nitrogens with zero attached hydrogens (tertiary/aromatic N) is 5. The summed E-state index contributed by atoms with van der Waals surface area (Å²) in [7, 11) is 1.79. The van der Waals surface area contributed by atoms with Crippen LogP contribution in [0.15, 0.2) is 24.3 Å². The van der Waals surface area contributed by atoms with E-state index in [-0.39, 0.29) is 60.7 Å². The number of aryl methyl sites for hydroxylation is 2. The van der Waals surface area contributed by atoms with Crippen LogP contribution < -0.4 is 19.5 Å². The van der Waals surface area contributed by atoms with Crippen molar-refractivity contribution in [1.82, 2.24) is 20.2 Å². The van der Waals surface area contributed by atoms with Crippen LogP contribution in [-0.2, 0) is 18.2 Å². The number of phenols is 1. The summed E-state index contributed by atoms with van der Waals surface area (Å²) in [5, 5.41) is 16.1. The van der Waals surface area contributed by atoms with Crippen LogP contribution in [0.25, 0.3) is 32.9 Å². The van der Waals surface area contributed by atoms with Crippen molar-refractivity contribution in [3.8, 4) is 23.0 Å². The molecule has 9 nitrogen and oxygen atoms in total. The Balaban J connectivity index is 1.21. The van der Waals surface area contributed by atoms with Crippen LogP contribution in [0.1, 0.15) is 49.8 Å². The van der Waals surface area contributed by atoms with Gasteiger partial charge in [0.05, 0.1) is 17.2 Å². The molecule has 0 spiro atoms. The van der Waals surface area contributed by atoms with Gasteiger partial charge in [-0.2, -0.15) is 18.9 Å². The fourth-order valence-electron chi connectivity index (χ4n) is 9.78. The van der Waals surface area contributed by atoms with Crippen molar-refractivity contribution < 1.29 is 41.1 Å². The van der Waals surface area contributed by atoms with Crippen LogP contribution in [0, 0.1) is 18.6 Å². The SMILES string of the molecule is Cc1c(F)ccc2cc(O)cc(-c3c(F)c4nc(OC[C@]56CCCN5C[C@@H](OC(F)(F)F)C6)nc5c4c([n+]3C)CC[C@@H]3[C@@H]4CC[C@H](CN53)N4)c12. The number of anilines is 1. The lowest BCUT2D eigenvalue weighted by atomic mass is 9.94. The summed E-state index contributed by atoms with van der Waals surface area (Å²) in [5.41, 5.74) is 1.01. The van der Waals surface area contributed by atoms with E-state index in [1.54, 1.807) is 24.6 Å². The highest BCUT2D eigenvalue weighted by Crippen LogP contribution is 2.45. The van der Waals surface area contributed by atoms with Gasteiger partial charge in [0.2, 0.25) is 5.82 Å². The number of phenolic OH excluding ortho intramolecular Hbond substituents is 1. The Morgan fingerprint density at radius 1 is 1.10 bits per heavy atom. The molecule has 0 amide bonds. The van der Waals surface area contributed by atoms with Gasteiger partial charge < -0.3 is 20.1 Å². The maximum Gasteiger partial charge on any atom is 0.522 e. The molecule has 0 radical (unpaired) electrons. The van der Waals surface area contributed by atoms with Crippen LogP contribution in [0.2, 0.25) is 0 Å². The molecule has 4 fully saturated rings. The zero-order valence-corrected chi connectivity index (χ0v) is 27.8. The summed E-state index contributed by atoms with van der Waals surface area (Å²) < 4.78 is 84.4. The number of rotatable bonds is 5. The second kappa shape index (κ2) is 11.3. The molecule has 264 valence electrons. The third kappa shape index (κ3) is 5.00. The van der Waals surface area contributed by atoms with Crippen molar-refractivity contribution in [2.75, 3.05) is 31.1 Å². The second-order valence-electron chi connectivity index (χ2n) is 14.7. The fraction of sp³-hybridized carbons (Fsp3) is 0.528. The van der Waals surface area contributed by atoms with Crippen molar-refractivity contribution in [1.29, 1.82) is 0 Å². The van der Waals surface area contributed by atoms with Gasteiger partial charge in [-0.25, -0.2) is 4.39 Å². The molecule has 0 unspecified atom stereocenters. The summed E-state index contributed by atoms with van der Waals surface area (Å²) in [6, 6.07) is 6.44. The van der Waals surface area contributed by atoms with Gasteiger partial charge in [0.1, 0.15) is 36.1 Å². The highest BCUT2D eigenvalue weighted by molar-refractivity contribution is 6.01. The smallest absolute Gasteiger partial charge is 0.508 e. The molecule has 2 N–H and O–H groups in total. The number of hydrogen-bond donors (Lipinski definition) is 2. The third-order valence-corrected chi connectivity index (χ3v) is 11.9. The lowest BCUT2D eigenvalue weighted by Gasteiger charge is -2.41. The monoisotopic (exact) mass is 697 g/mol. The average molecular weight is 698 g/mol. The number of pyridine rings is 1. The van der Waals surface area contributed by atoms with Gasteiger partial charge >= 0.3 is 12.4 Å². The van der Waals surface area contributed by atoms with E-state index < -0.39 is 29.6 Å². The topological polar surface area (TPSA) is 86.9 Å². The van der Waals surface area contributed by atoms with E-state index in [1.807, 2.05) is 4.90 Å². The number of nitrogens with one attached hydrogen (secondary N) is 1. The minimum absolute atomic E-state index is 0.0313. The molecule has 9 rings (SSSR count). The van der Waals surface area contributed by atoms with Gasteiger partial charge in [0.25, 0.3) is 5.69 Å². The number of hydrogen-bond acceptors (Lipinski definition) is 8. The van der Waals surface area contributed by atoms with E-state index in [9.17, 15) is 22.7 Å². The van der Waals surface area contributed by atoms with E-state index in [0.717, 1.165) is 31.4 Å². The molecule has 4 saturated heterocycles. The van der Waals surface area contributed by atoms with Gasteiger partial charge in [-0.15, -0.1) is 13.2 Å². The standard InChI is InChI=1S/C36H37F5N6O3/c1-18-24(37)6-4-19-12-21(48)13-23(28(18)19)32-30(38)31-29-27(45(32)2)9-8-26-25-7-5-20(42-25)15-47(26)33(29)44-34(43-31)49-17-35-10-3-11-46(35)16-22(14-35)50-36(39,40)41/h4,6,12-13,20,22,25-26,42H,3,5,7-11,14-17H2,1-2H3/p+1/t20-,22+,25+,26-,35-/m1/s1. The quantitative estimate of drug-likeness (QED) is 0.214. The van der Waals surface area contributed by atoms with Gasteiger partial charge in [0, 0.05) is 43.0 Å². The number of aromatic hydroxyl groups is 1. The summed E-state index contributed by atoms with van der Waals surface area (Å²) in [5.74, 6) is -0.607. The summed E-state index contributed by atoms with van der Waals surface area (Å²) in [6.45, 7) is 3.13.